The molecule has 2 atom stereocenters. The van der Waals surface area contributed by atoms with Gasteiger partial charge in [-0.1, -0.05) is 42.5 Å². The van der Waals surface area contributed by atoms with Crippen LogP contribution < -0.4 is 0 Å². The lowest BCUT2D eigenvalue weighted by atomic mass is 10.2. The minimum Gasteiger partial charge on any atom is -0.384 e. The first-order valence-corrected chi connectivity index (χ1v) is 6.87. The molecule has 0 aliphatic heterocycles. The summed E-state index contributed by atoms with van der Waals surface area (Å²) in [6.07, 6.45) is 5.61. The Labute approximate surface area is 111 Å². The zero-order valence-electron chi connectivity index (χ0n) is 10.7. The fraction of sp³-hybridized carbons (Fsp3) is 0.200. The number of hydrogen-bond acceptors (Lipinski definition) is 2. The Hall–Kier alpha value is -1.45. The summed E-state index contributed by atoms with van der Waals surface area (Å²) >= 11 is 0. The maximum atomic E-state index is 12.4. The second kappa shape index (κ2) is 7.09. The van der Waals surface area contributed by atoms with E-state index in [4.69, 9.17) is 0 Å². The number of hydrogen-bond donors (Lipinski definition) is 1. The number of aliphatic hydroxyl groups is 1. The van der Waals surface area contributed by atoms with Gasteiger partial charge in [-0.2, -0.15) is 0 Å². The van der Waals surface area contributed by atoms with Gasteiger partial charge in [0.25, 0.3) is 0 Å². The molecule has 0 saturated carbocycles. The van der Waals surface area contributed by atoms with Crippen molar-refractivity contribution in [2.75, 3.05) is 0 Å². The van der Waals surface area contributed by atoms with Gasteiger partial charge in [0.1, 0.15) is 6.10 Å². The first kappa shape index (κ1) is 14.6. The number of benzene rings is 1. The van der Waals surface area contributed by atoms with Crippen LogP contribution in [-0.4, -0.2) is 15.4 Å². The molecule has 2 nitrogen and oxygen atoms in total. The number of rotatable bonds is 5. The topological polar surface area (TPSA) is 37.3 Å². The average molecular weight is 262 g/mol. The lowest BCUT2D eigenvalue weighted by Gasteiger charge is -2.11. The van der Waals surface area contributed by atoms with Crippen LogP contribution in [0.5, 0.6) is 0 Å². The molecule has 0 fully saturated rings. The highest BCUT2D eigenvalue weighted by Gasteiger charge is 2.15. The van der Waals surface area contributed by atoms with Gasteiger partial charge in [0.15, 0.2) is 0 Å². The maximum absolute atomic E-state index is 12.4. The molecule has 0 aliphatic carbocycles. The molecular formula is C15H18O2S. The van der Waals surface area contributed by atoms with Crippen molar-refractivity contribution in [2.45, 2.75) is 24.8 Å². The SMILES string of the molecule is C=C/C=C(\[C@@H](O)/C=C/C)S(=O)c1ccc(C)cc1. The van der Waals surface area contributed by atoms with Crippen LogP contribution in [0.1, 0.15) is 12.5 Å². The third kappa shape index (κ3) is 3.79. The van der Waals surface area contributed by atoms with Gasteiger partial charge in [-0.15, -0.1) is 0 Å². The van der Waals surface area contributed by atoms with Crippen molar-refractivity contribution in [2.24, 2.45) is 0 Å². The predicted octanol–water partition coefficient (Wildman–Crippen LogP) is 3.11. The van der Waals surface area contributed by atoms with Crippen molar-refractivity contribution in [3.8, 4) is 0 Å². The Morgan fingerprint density at radius 1 is 1.39 bits per heavy atom. The van der Waals surface area contributed by atoms with Crippen LogP contribution in [0.25, 0.3) is 0 Å². The number of allylic oxidation sites excluding steroid dienone is 3. The van der Waals surface area contributed by atoms with Gasteiger partial charge in [0, 0.05) is 4.90 Å². The van der Waals surface area contributed by atoms with Crippen LogP contribution in [-0.2, 0) is 10.8 Å². The summed E-state index contributed by atoms with van der Waals surface area (Å²) in [5.74, 6) is 0. The maximum Gasteiger partial charge on any atom is 0.106 e. The van der Waals surface area contributed by atoms with Crippen LogP contribution in [0.3, 0.4) is 0 Å². The van der Waals surface area contributed by atoms with Gasteiger partial charge in [0.05, 0.1) is 15.7 Å². The molecule has 1 N–H and O–H groups in total. The smallest absolute Gasteiger partial charge is 0.106 e. The third-order valence-corrected chi connectivity index (χ3v) is 3.90. The molecule has 0 spiro atoms. The molecule has 0 amide bonds. The monoisotopic (exact) mass is 262 g/mol. The Morgan fingerprint density at radius 2 is 2.00 bits per heavy atom. The van der Waals surface area contributed by atoms with E-state index in [2.05, 4.69) is 6.58 Å². The van der Waals surface area contributed by atoms with Gasteiger partial charge in [-0.3, -0.25) is 0 Å². The van der Waals surface area contributed by atoms with Gasteiger partial charge in [0.2, 0.25) is 0 Å². The molecule has 0 aromatic heterocycles. The summed E-state index contributed by atoms with van der Waals surface area (Å²) < 4.78 is 12.4. The lowest BCUT2D eigenvalue weighted by molar-refractivity contribution is 0.267. The fourth-order valence-electron chi connectivity index (χ4n) is 1.46. The second-order valence-electron chi connectivity index (χ2n) is 3.86. The van der Waals surface area contributed by atoms with Crippen molar-refractivity contribution in [3.63, 3.8) is 0 Å². The zero-order valence-corrected chi connectivity index (χ0v) is 11.5. The summed E-state index contributed by atoms with van der Waals surface area (Å²) in [6.45, 7) is 7.37. The average Bonchev–Trinajstić information content (AvgIpc) is 2.36. The van der Waals surface area contributed by atoms with E-state index in [1.54, 1.807) is 18.2 Å². The molecule has 18 heavy (non-hydrogen) atoms. The van der Waals surface area contributed by atoms with Crippen molar-refractivity contribution in [1.29, 1.82) is 0 Å². The number of aryl methyl sites for hydroxylation is 1. The first-order valence-electron chi connectivity index (χ1n) is 5.72. The van der Waals surface area contributed by atoms with E-state index < -0.39 is 16.9 Å². The Kier molecular flexibility index (Phi) is 5.75. The van der Waals surface area contributed by atoms with Gasteiger partial charge < -0.3 is 5.11 Å². The first-order chi connectivity index (χ1) is 8.60. The van der Waals surface area contributed by atoms with E-state index in [1.165, 1.54) is 6.08 Å². The molecule has 1 aromatic carbocycles. The molecular weight excluding hydrogens is 244 g/mol. The van der Waals surface area contributed by atoms with Crippen molar-refractivity contribution in [3.05, 3.63) is 65.6 Å². The van der Waals surface area contributed by atoms with Gasteiger partial charge in [-0.05, 0) is 32.1 Å². The Bertz CT molecular complexity index is 484. The standard InChI is InChI=1S/C15H18O2S/c1-4-6-14(16)15(7-5-2)18(17)13-10-8-12(3)9-11-13/h4-11,14,16H,2H2,1,3H3/b6-4+,15-7+/t14-,18?/m0/s1. The fourth-order valence-corrected chi connectivity index (χ4v) is 2.63. The predicted molar refractivity (Wildman–Crippen MR) is 76.7 cm³/mol. The van der Waals surface area contributed by atoms with Crippen LogP contribution in [0.2, 0.25) is 0 Å². The second-order valence-corrected chi connectivity index (χ2v) is 5.34. The molecule has 0 saturated heterocycles. The molecule has 1 unspecified atom stereocenters. The molecule has 96 valence electrons. The van der Waals surface area contributed by atoms with Crippen LogP contribution >= 0.6 is 0 Å². The van der Waals surface area contributed by atoms with Crippen LogP contribution in [0.15, 0.2) is 64.9 Å². The summed E-state index contributed by atoms with van der Waals surface area (Å²) in [4.78, 5) is 1.12. The van der Waals surface area contributed by atoms with E-state index in [0.717, 1.165) is 5.56 Å². The van der Waals surface area contributed by atoms with E-state index in [9.17, 15) is 9.32 Å². The van der Waals surface area contributed by atoms with E-state index in [0.29, 0.717) is 9.80 Å². The normalized spacial score (nSPS) is 15.6. The Balaban J connectivity index is 3.07. The molecule has 3 heteroatoms. The summed E-state index contributed by atoms with van der Waals surface area (Å²) in [5.41, 5.74) is 1.11. The third-order valence-electron chi connectivity index (χ3n) is 2.40. The summed E-state index contributed by atoms with van der Waals surface area (Å²) in [7, 11) is -1.37. The molecule has 1 aromatic rings. The molecule has 0 aliphatic rings. The summed E-state index contributed by atoms with van der Waals surface area (Å²) in [6, 6.07) is 7.43. The van der Waals surface area contributed by atoms with Crippen LogP contribution in [0.4, 0.5) is 0 Å². The molecule has 0 bridgehead atoms. The van der Waals surface area contributed by atoms with E-state index in [1.807, 2.05) is 38.1 Å². The lowest BCUT2D eigenvalue weighted by Crippen LogP contribution is -2.12. The minimum atomic E-state index is -1.37. The largest absolute Gasteiger partial charge is 0.384 e. The molecule has 1 rings (SSSR count). The van der Waals surface area contributed by atoms with Crippen molar-refractivity contribution in [1.82, 2.24) is 0 Å². The van der Waals surface area contributed by atoms with Crippen LogP contribution in [0, 0.1) is 6.92 Å². The number of aliphatic hydroxyl groups excluding tert-OH is 1. The quantitative estimate of drug-likeness (QED) is 0.654. The van der Waals surface area contributed by atoms with E-state index in [-0.39, 0.29) is 0 Å². The zero-order chi connectivity index (χ0) is 13.5. The highest BCUT2D eigenvalue weighted by atomic mass is 32.2. The molecule has 0 heterocycles. The highest BCUT2D eigenvalue weighted by Crippen LogP contribution is 2.19. The van der Waals surface area contributed by atoms with Gasteiger partial charge in [-0.25, -0.2) is 4.21 Å². The Morgan fingerprint density at radius 3 is 2.50 bits per heavy atom. The summed E-state index contributed by atoms with van der Waals surface area (Å²) in [5, 5.41) is 9.93. The highest BCUT2D eigenvalue weighted by molar-refractivity contribution is 7.89. The van der Waals surface area contributed by atoms with Gasteiger partial charge >= 0.3 is 0 Å². The minimum absolute atomic E-state index is 0.437. The van der Waals surface area contributed by atoms with E-state index >= 15 is 0 Å². The van der Waals surface area contributed by atoms with Crippen molar-refractivity contribution < 1.29 is 9.32 Å². The van der Waals surface area contributed by atoms with Crippen molar-refractivity contribution >= 4 is 10.8 Å². The molecule has 0 radical (unpaired) electrons.